The molecule has 0 bridgehead atoms. The Balaban J connectivity index is 1.52. The Labute approximate surface area is 148 Å². The lowest BCUT2D eigenvalue weighted by Crippen LogP contribution is -2.52. The molecule has 25 heavy (non-hydrogen) atoms. The predicted octanol–water partition coefficient (Wildman–Crippen LogP) is 1.98. The van der Waals surface area contributed by atoms with Gasteiger partial charge in [-0.2, -0.15) is 5.10 Å². The molecular formula is C19H25N5O. The number of carbonyl (C=O) groups excluding carboxylic acids is 1. The molecule has 1 aromatic carbocycles. The Morgan fingerprint density at radius 1 is 1.32 bits per heavy atom. The molecule has 132 valence electrons. The van der Waals surface area contributed by atoms with Gasteiger partial charge in [-0.3, -0.25) is 9.69 Å². The van der Waals surface area contributed by atoms with E-state index in [-0.39, 0.29) is 5.91 Å². The van der Waals surface area contributed by atoms with Gasteiger partial charge < -0.3 is 10.6 Å². The third-order valence-electron chi connectivity index (χ3n) is 4.98. The number of hydrogen-bond acceptors (Lipinski definition) is 4. The topological polar surface area (TPSA) is 62.2 Å². The highest BCUT2D eigenvalue weighted by Gasteiger charge is 2.28. The number of piperazine rings is 1. The maximum Gasteiger partial charge on any atom is 0.239 e. The minimum absolute atomic E-state index is 0.0215. The van der Waals surface area contributed by atoms with Crippen LogP contribution in [0.5, 0.6) is 0 Å². The number of nitrogens with one attached hydrogen (secondary N) is 2. The molecule has 1 aliphatic carbocycles. The molecule has 2 aromatic rings. The number of anilines is 1. The van der Waals surface area contributed by atoms with Gasteiger partial charge in [0.15, 0.2) is 0 Å². The van der Waals surface area contributed by atoms with E-state index in [0.717, 1.165) is 36.8 Å². The monoisotopic (exact) mass is 339 g/mol. The van der Waals surface area contributed by atoms with Gasteiger partial charge in [-0.25, -0.2) is 4.68 Å². The summed E-state index contributed by atoms with van der Waals surface area (Å²) in [4.78, 5) is 14.8. The van der Waals surface area contributed by atoms with Gasteiger partial charge in [0.1, 0.15) is 5.82 Å². The quantitative estimate of drug-likeness (QED) is 0.874. The van der Waals surface area contributed by atoms with Crippen LogP contribution in [0.4, 0.5) is 5.82 Å². The molecule has 2 N–H and O–H groups in total. The van der Waals surface area contributed by atoms with Crippen molar-refractivity contribution in [2.45, 2.75) is 31.7 Å². The molecule has 2 aliphatic rings. The molecule has 2 heterocycles. The van der Waals surface area contributed by atoms with Crippen LogP contribution in [0.3, 0.4) is 0 Å². The van der Waals surface area contributed by atoms with E-state index in [1.807, 2.05) is 41.1 Å². The Kier molecular flexibility index (Phi) is 4.55. The number of benzene rings is 1. The van der Waals surface area contributed by atoms with Crippen molar-refractivity contribution in [2.75, 3.05) is 31.5 Å². The van der Waals surface area contributed by atoms with Crippen LogP contribution in [0, 0.1) is 0 Å². The van der Waals surface area contributed by atoms with Crippen LogP contribution >= 0.6 is 0 Å². The molecule has 0 radical (unpaired) electrons. The second-order valence-corrected chi connectivity index (χ2v) is 7.05. The first-order valence-electron chi connectivity index (χ1n) is 9.11. The van der Waals surface area contributed by atoms with E-state index in [1.54, 1.807) is 0 Å². The first kappa shape index (κ1) is 16.3. The highest BCUT2D eigenvalue weighted by atomic mass is 16.2. The lowest BCUT2D eigenvalue weighted by Gasteiger charge is -2.33. The molecule has 1 saturated carbocycles. The Hall–Kier alpha value is -2.18. The molecule has 0 spiro atoms. The average molecular weight is 339 g/mol. The Bertz CT molecular complexity index is 738. The van der Waals surface area contributed by atoms with Crippen molar-refractivity contribution in [3.8, 4) is 5.69 Å². The third kappa shape index (κ3) is 3.75. The van der Waals surface area contributed by atoms with Gasteiger partial charge in [-0.05, 0) is 31.9 Å². The first-order valence-corrected chi connectivity index (χ1v) is 9.11. The van der Waals surface area contributed by atoms with E-state index in [1.165, 1.54) is 12.8 Å². The fraction of sp³-hybridized carbons (Fsp3) is 0.474. The van der Waals surface area contributed by atoms with Crippen LogP contribution in [-0.2, 0) is 4.79 Å². The lowest BCUT2D eigenvalue weighted by atomic mass is 10.2. The molecular weight excluding hydrogens is 314 g/mol. The number of para-hydroxylation sites is 1. The maximum absolute atomic E-state index is 12.6. The van der Waals surface area contributed by atoms with E-state index >= 15 is 0 Å². The molecule has 6 heteroatoms. The molecule has 0 unspecified atom stereocenters. The summed E-state index contributed by atoms with van der Waals surface area (Å²) in [6, 6.07) is 12.4. The normalized spacial score (nSPS) is 21.2. The highest BCUT2D eigenvalue weighted by molar-refractivity contribution is 5.91. The van der Waals surface area contributed by atoms with Gasteiger partial charge >= 0.3 is 0 Å². The summed E-state index contributed by atoms with van der Waals surface area (Å²) in [5.74, 6) is 1.34. The highest BCUT2D eigenvalue weighted by Crippen LogP contribution is 2.40. The minimum atomic E-state index is 0.0215. The molecule has 4 rings (SSSR count). The SMILES string of the molecule is C[C@@H]1CNCCN1CC(=O)Nc1cc(C2CC2)nn1-c1ccccc1. The number of hydrogen-bond donors (Lipinski definition) is 2. The standard InChI is InChI=1S/C19H25N5O/c1-14-12-20-9-10-23(14)13-19(25)21-18-11-17(15-7-8-15)22-24(18)16-5-3-2-4-6-16/h2-6,11,14-15,20H,7-10,12-13H2,1H3,(H,21,25)/t14-/m1/s1. The molecule has 1 saturated heterocycles. The number of aromatic nitrogens is 2. The van der Waals surface area contributed by atoms with Gasteiger partial charge in [0, 0.05) is 37.7 Å². The van der Waals surface area contributed by atoms with Gasteiger partial charge in [0.05, 0.1) is 17.9 Å². The van der Waals surface area contributed by atoms with E-state index in [2.05, 4.69) is 22.5 Å². The van der Waals surface area contributed by atoms with E-state index < -0.39 is 0 Å². The van der Waals surface area contributed by atoms with Crippen LogP contribution < -0.4 is 10.6 Å². The largest absolute Gasteiger partial charge is 0.314 e. The van der Waals surface area contributed by atoms with Gasteiger partial charge in [0.2, 0.25) is 5.91 Å². The van der Waals surface area contributed by atoms with E-state index in [4.69, 9.17) is 5.10 Å². The molecule has 1 aromatic heterocycles. The zero-order chi connectivity index (χ0) is 17.2. The summed E-state index contributed by atoms with van der Waals surface area (Å²) < 4.78 is 1.85. The van der Waals surface area contributed by atoms with Gasteiger partial charge in [-0.1, -0.05) is 18.2 Å². The molecule has 1 aliphatic heterocycles. The number of nitrogens with zero attached hydrogens (tertiary/aromatic N) is 3. The predicted molar refractivity (Wildman–Crippen MR) is 98.1 cm³/mol. The smallest absolute Gasteiger partial charge is 0.239 e. The summed E-state index contributed by atoms with van der Waals surface area (Å²) in [7, 11) is 0. The van der Waals surface area contributed by atoms with Gasteiger partial charge in [0.25, 0.3) is 0 Å². The zero-order valence-electron chi connectivity index (χ0n) is 14.6. The van der Waals surface area contributed by atoms with Crippen molar-refractivity contribution in [2.24, 2.45) is 0 Å². The Morgan fingerprint density at radius 2 is 2.12 bits per heavy atom. The fourth-order valence-electron chi connectivity index (χ4n) is 3.32. The first-order chi connectivity index (χ1) is 12.2. The minimum Gasteiger partial charge on any atom is -0.314 e. The second-order valence-electron chi connectivity index (χ2n) is 7.05. The lowest BCUT2D eigenvalue weighted by molar-refractivity contribution is -0.118. The summed E-state index contributed by atoms with van der Waals surface area (Å²) in [6.45, 7) is 5.34. The van der Waals surface area contributed by atoms with Crippen LogP contribution in [0.2, 0.25) is 0 Å². The molecule has 1 amide bonds. The third-order valence-corrected chi connectivity index (χ3v) is 4.98. The summed E-state index contributed by atoms with van der Waals surface area (Å²) in [5.41, 5.74) is 2.05. The van der Waals surface area contributed by atoms with E-state index in [0.29, 0.717) is 18.5 Å². The summed E-state index contributed by atoms with van der Waals surface area (Å²) in [5, 5.41) is 11.2. The molecule has 2 fully saturated rings. The molecule has 1 atom stereocenters. The van der Waals surface area contributed by atoms with Crippen molar-refractivity contribution in [1.82, 2.24) is 20.0 Å². The van der Waals surface area contributed by atoms with Crippen molar-refractivity contribution >= 4 is 11.7 Å². The number of amides is 1. The van der Waals surface area contributed by atoms with Crippen molar-refractivity contribution < 1.29 is 4.79 Å². The van der Waals surface area contributed by atoms with E-state index in [9.17, 15) is 4.79 Å². The van der Waals surface area contributed by atoms with Crippen molar-refractivity contribution in [3.63, 3.8) is 0 Å². The maximum atomic E-state index is 12.6. The zero-order valence-corrected chi connectivity index (χ0v) is 14.6. The van der Waals surface area contributed by atoms with Crippen LogP contribution in [0.1, 0.15) is 31.4 Å². The Morgan fingerprint density at radius 3 is 2.84 bits per heavy atom. The number of rotatable bonds is 5. The van der Waals surface area contributed by atoms with Crippen molar-refractivity contribution in [3.05, 3.63) is 42.1 Å². The average Bonchev–Trinajstić information content (AvgIpc) is 3.39. The van der Waals surface area contributed by atoms with Crippen LogP contribution in [0.15, 0.2) is 36.4 Å². The number of carbonyl (C=O) groups is 1. The second kappa shape index (κ2) is 6.98. The molecule has 6 nitrogen and oxygen atoms in total. The fourth-order valence-corrected chi connectivity index (χ4v) is 3.32. The van der Waals surface area contributed by atoms with Gasteiger partial charge in [-0.15, -0.1) is 0 Å². The van der Waals surface area contributed by atoms with Crippen LogP contribution in [-0.4, -0.2) is 52.8 Å². The van der Waals surface area contributed by atoms with Crippen molar-refractivity contribution in [1.29, 1.82) is 0 Å². The summed E-state index contributed by atoms with van der Waals surface area (Å²) >= 11 is 0. The summed E-state index contributed by atoms with van der Waals surface area (Å²) in [6.07, 6.45) is 2.38. The van der Waals surface area contributed by atoms with Crippen LogP contribution in [0.25, 0.3) is 5.69 Å².